The van der Waals surface area contributed by atoms with Crippen molar-refractivity contribution in [2.75, 3.05) is 0 Å². The fourth-order valence-electron chi connectivity index (χ4n) is 8.92. The summed E-state index contributed by atoms with van der Waals surface area (Å²) in [5.74, 6) is 0.687. The van der Waals surface area contributed by atoms with E-state index < -0.39 is 0 Å². The van der Waals surface area contributed by atoms with Gasteiger partial charge in [0.2, 0.25) is 0 Å². The molecule has 8 aromatic carbocycles. The number of furan rings is 1. The molecule has 3 nitrogen and oxygen atoms in total. The van der Waals surface area contributed by atoms with Gasteiger partial charge in [-0.3, -0.25) is 0 Å². The molecule has 0 fully saturated rings. The van der Waals surface area contributed by atoms with Gasteiger partial charge in [0.25, 0.3) is 0 Å². The van der Waals surface area contributed by atoms with E-state index in [1.807, 2.05) is 30.3 Å². The molecule has 2 heterocycles. The van der Waals surface area contributed by atoms with E-state index in [0.717, 1.165) is 72.3 Å². The average molecular weight is 743 g/mol. The predicted octanol–water partition coefficient (Wildman–Crippen LogP) is 14.7. The van der Waals surface area contributed by atoms with E-state index in [4.69, 9.17) is 14.4 Å². The van der Waals surface area contributed by atoms with Crippen molar-refractivity contribution in [3.63, 3.8) is 0 Å². The monoisotopic (exact) mass is 742 g/mol. The number of rotatable bonds is 6. The molecule has 1 aliphatic rings. The molecular formula is C55H38N2O. The van der Waals surface area contributed by atoms with Gasteiger partial charge in [-0.15, -0.1) is 0 Å². The zero-order valence-electron chi connectivity index (χ0n) is 32.3. The fraction of sp³-hybridized carbons (Fsp3) is 0.0545. The first-order valence-electron chi connectivity index (χ1n) is 19.9. The van der Waals surface area contributed by atoms with Crippen molar-refractivity contribution in [2.45, 2.75) is 19.3 Å². The van der Waals surface area contributed by atoms with Crippen molar-refractivity contribution in [1.82, 2.24) is 9.97 Å². The van der Waals surface area contributed by atoms with Gasteiger partial charge in [0.05, 0.1) is 11.4 Å². The average Bonchev–Trinajstić information content (AvgIpc) is 3.78. The molecule has 0 N–H and O–H groups in total. The molecule has 0 aliphatic heterocycles. The highest BCUT2D eigenvalue weighted by Crippen LogP contribution is 2.49. The second-order valence-electron chi connectivity index (χ2n) is 15.8. The van der Waals surface area contributed by atoms with Crippen LogP contribution in [-0.2, 0) is 5.41 Å². The molecule has 2 aromatic heterocycles. The third-order valence-electron chi connectivity index (χ3n) is 11.9. The summed E-state index contributed by atoms with van der Waals surface area (Å²) in [6, 6.07) is 69.0. The number of benzene rings is 8. The molecule has 11 rings (SSSR count). The molecule has 0 bridgehead atoms. The van der Waals surface area contributed by atoms with E-state index in [1.54, 1.807) is 0 Å². The second kappa shape index (κ2) is 13.4. The van der Waals surface area contributed by atoms with Crippen LogP contribution in [-0.4, -0.2) is 9.97 Å². The quantitative estimate of drug-likeness (QED) is 0.170. The number of hydrogen-bond donors (Lipinski definition) is 0. The first-order chi connectivity index (χ1) is 28.5. The lowest BCUT2D eigenvalue weighted by molar-refractivity contribution is 0.660. The van der Waals surface area contributed by atoms with Crippen LogP contribution >= 0.6 is 0 Å². The van der Waals surface area contributed by atoms with Crippen molar-refractivity contribution < 1.29 is 4.42 Å². The normalized spacial score (nSPS) is 12.8. The molecule has 10 aromatic rings. The Labute approximate surface area is 338 Å². The third-order valence-corrected chi connectivity index (χ3v) is 11.9. The van der Waals surface area contributed by atoms with E-state index in [2.05, 4.69) is 178 Å². The Morgan fingerprint density at radius 1 is 0.362 bits per heavy atom. The Kier molecular flexibility index (Phi) is 7.84. The summed E-state index contributed by atoms with van der Waals surface area (Å²) >= 11 is 0. The van der Waals surface area contributed by atoms with E-state index in [1.165, 1.54) is 33.4 Å². The SMILES string of the molecule is CC1(C)c2ccccc2-c2cc(-c3cc(-c4cc(-c5cccc(-c6ccccc6)c5)cc(-c5cccc6c5oc5ccccc56)c4)nc(-c4ccccc4)n3)ccc21. The van der Waals surface area contributed by atoms with E-state index >= 15 is 0 Å². The summed E-state index contributed by atoms with van der Waals surface area (Å²) in [6.07, 6.45) is 0. The van der Waals surface area contributed by atoms with Crippen molar-refractivity contribution in [3.8, 4) is 78.4 Å². The summed E-state index contributed by atoms with van der Waals surface area (Å²) in [6.45, 7) is 4.64. The third kappa shape index (κ3) is 5.66. The highest BCUT2D eigenvalue weighted by Gasteiger charge is 2.35. The minimum absolute atomic E-state index is 0.0756. The first-order valence-corrected chi connectivity index (χ1v) is 19.9. The number of para-hydroxylation sites is 2. The van der Waals surface area contributed by atoms with Crippen molar-refractivity contribution in [2.24, 2.45) is 0 Å². The van der Waals surface area contributed by atoms with Crippen LogP contribution in [0, 0.1) is 0 Å². The molecule has 274 valence electrons. The van der Waals surface area contributed by atoms with Crippen LogP contribution in [0.3, 0.4) is 0 Å². The molecule has 0 radical (unpaired) electrons. The maximum absolute atomic E-state index is 6.61. The van der Waals surface area contributed by atoms with Crippen LogP contribution in [0.15, 0.2) is 199 Å². The van der Waals surface area contributed by atoms with Crippen molar-refractivity contribution >= 4 is 21.9 Å². The maximum Gasteiger partial charge on any atom is 0.160 e. The van der Waals surface area contributed by atoms with Gasteiger partial charge in [-0.25, -0.2) is 9.97 Å². The van der Waals surface area contributed by atoms with Crippen LogP contribution in [0.4, 0.5) is 0 Å². The molecule has 0 atom stereocenters. The molecule has 0 amide bonds. The summed E-state index contributed by atoms with van der Waals surface area (Å²) in [7, 11) is 0. The predicted molar refractivity (Wildman–Crippen MR) is 239 cm³/mol. The Bertz CT molecular complexity index is 3190. The molecular weight excluding hydrogens is 705 g/mol. The van der Waals surface area contributed by atoms with E-state index in [-0.39, 0.29) is 5.41 Å². The number of nitrogens with zero attached hydrogens (tertiary/aromatic N) is 2. The summed E-state index contributed by atoms with van der Waals surface area (Å²) in [5.41, 5.74) is 18.3. The minimum atomic E-state index is -0.0756. The fourth-order valence-corrected chi connectivity index (χ4v) is 8.92. The van der Waals surface area contributed by atoms with Crippen molar-refractivity contribution in [1.29, 1.82) is 0 Å². The van der Waals surface area contributed by atoms with Gasteiger partial charge in [-0.2, -0.15) is 0 Å². The minimum Gasteiger partial charge on any atom is -0.455 e. The van der Waals surface area contributed by atoms with Gasteiger partial charge in [0.15, 0.2) is 5.82 Å². The molecule has 3 heteroatoms. The second-order valence-corrected chi connectivity index (χ2v) is 15.8. The standard InChI is InChI=1S/C55H38N2O/c1-55(2)48-25-11-9-21-44(48)47-33-39(27-28-49(47)55)50-34-51(57-54(56-50)36-17-7-4-8-18-36)42-31-40(38-20-13-19-37(29-38)35-15-5-3-6-16-35)30-41(32-42)43-23-14-24-46-45-22-10-12-26-52(45)58-53(43)46/h3-34H,1-2H3. The highest BCUT2D eigenvalue weighted by molar-refractivity contribution is 6.10. The van der Waals surface area contributed by atoms with Crippen LogP contribution in [0.5, 0.6) is 0 Å². The van der Waals surface area contributed by atoms with Crippen LogP contribution < -0.4 is 0 Å². The molecule has 58 heavy (non-hydrogen) atoms. The Morgan fingerprint density at radius 3 is 1.76 bits per heavy atom. The van der Waals surface area contributed by atoms with Crippen molar-refractivity contribution in [3.05, 3.63) is 205 Å². The smallest absolute Gasteiger partial charge is 0.160 e. The lowest BCUT2D eigenvalue weighted by atomic mass is 9.82. The number of hydrogen-bond acceptors (Lipinski definition) is 3. The van der Waals surface area contributed by atoms with Gasteiger partial charge in [-0.1, -0.05) is 166 Å². The van der Waals surface area contributed by atoms with Gasteiger partial charge in [-0.05, 0) is 92.5 Å². The lowest BCUT2D eigenvalue weighted by Crippen LogP contribution is -2.14. The van der Waals surface area contributed by atoms with Crippen LogP contribution in [0.2, 0.25) is 0 Å². The molecule has 1 aliphatic carbocycles. The molecule has 0 saturated carbocycles. The largest absolute Gasteiger partial charge is 0.455 e. The summed E-state index contributed by atoms with van der Waals surface area (Å²) in [4.78, 5) is 10.6. The molecule has 0 unspecified atom stereocenters. The number of fused-ring (bicyclic) bond motifs is 6. The highest BCUT2D eigenvalue weighted by atomic mass is 16.3. The Morgan fingerprint density at radius 2 is 0.931 bits per heavy atom. The van der Waals surface area contributed by atoms with E-state index in [9.17, 15) is 0 Å². The van der Waals surface area contributed by atoms with Crippen LogP contribution in [0.1, 0.15) is 25.0 Å². The summed E-state index contributed by atoms with van der Waals surface area (Å²) in [5, 5.41) is 2.21. The summed E-state index contributed by atoms with van der Waals surface area (Å²) < 4.78 is 6.61. The maximum atomic E-state index is 6.61. The Hall–Kier alpha value is -7.36. The zero-order valence-corrected chi connectivity index (χ0v) is 32.3. The van der Waals surface area contributed by atoms with Gasteiger partial charge in [0.1, 0.15) is 11.2 Å². The Balaban J connectivity index is 1.14. The topological polar surface area (TPSA) is 38.9 Å². The van der Waals surface area contributed by atoms with Gasteiger partial charge in [0, 0.05) is 38.4 Å². The zero-order chi connectivity index (χ0) is 38.8. The molecule has 0 spiro atoms. The van der Waals surface area contributed by atoms with Gasteiger partial charge >= 0.3 is 0 Å². The lowest BCUT2D eigenvalue weighted by Gasteiger charge is -2.21. The van der Waals surface area contributed by atoms with E-state index in [0.29, 0.717) is 5.82 Å². The van der Waals surface area contributed by atoms with Gasteiger partial charge < -0.3 is 4.42 Å². The number of aromatic nitrogens is 2. The first kappa shape index (κ1) is 33.9. The molecule has 0 saturated heterocycles. The van der Waals surface area contributed by atoms with Crippen LogP contribution in [0.25, 0.3) is 100 Å².